The maximum atomic E-state index is 9.63. The Kier molecular flexibility index (Phi) is 4.41. The molecule has 2 rings (SSSR count). The average Bonchev–Trinajstić information content (AvgIpc) is 2.43. The number of aryl methyl sites for hydroxylation is 1. The van der Waals surface area contributed by atoms with Crippen molar-refractivity contribution in [3.63, 3.8) is 0 Å². The van der Waals surface area contributed by atoms with Gasteiger partial charge in [-0.15, -0.1) is 0 Å². The molecule has 0 amide bonds. The van der Waals surface area contributed by atoms with E-state index < -0.39 is 0 Å². The van der Waals surface area contributed by atoms with Gasteiger partial charge in [0.25, 0.3) is 0 Å². The van der Waals surface area contributed by atoms with Crippen LogP contribution < -0.4 is 5.73 Å². The van der Waals surface area contributed by atoms with E-state index in [2.05, 4.69) is 31.2 Å². The zero-order chi connectivity index (χ0) is 13.0. The molecule has 0 atom stereocenters. The summed E-state index contributed by atoms with van der Waals surface area (Å²) in [5.74, 6) is 0. The molecule has 0 unspecified atom stereocenters. The highest BCUT2D eigenvalue weighted by Crippen LogP contribution is 2.38. The second-order valence-electron chi connectivity index (χ2n) is 5.78. The van der Waals surface area contributed by atoms with E-state index in [0.29, 0.717) is 0 Å². The molecule has 100 valence electrons. The Bertz CT molecular complexity index is 363. The second kappa shape index (κ2) is 5.85. The summed E-state index contributed by atoms with van der Waals surface area (Å²) < 4.78 is 0. The Morgan fingerprint density at radius 1 is 1.17 bits per heavy atom. The minimum Gasteiger partial charge on any atom is -0.393 e. The van der Waals surface area contributed by atoms with E-state index in [1.165, 1.54) is 11.1 Å². The van der Waals surface area contributed by atoms with Crippen LogP contribution >= 0.6 is 0 Å². The van der Waals surface area contributed by atoms with Gasteiger partial charge in [0.2, 0.25) is 0 Å². The highest BCUT2D eigenvalue weighted by molar-refractivity contribution is 5.23. The first kappa shape index (κ1) is 13.6. The molecule has 0 saturated heterocycles. The molecule has 0 radical (unpaired) electrons. The zero-order valence-electron chi connectivity index (χ0n) is 11.4. The van der Waals surface area contributed by atoms with E-state index in [-0.39, 0.29) is 11.5 Å². The van der Waals surface area contributed by atoms with Crippen LogP contribution in [0.15, 0.2) is 24.3 Å². The van der Waals surface area contributed by atoms with Gasteiger partial charge in [0.1, 0.15) is 0 Å². The van der Waals surface area contributed by atoms with Gasteiger partial charge in [0, 0.05) is 0 Å². The van der Waals surface area contributed by atoms with Gasteiger partial charge >= 0.3 is 0 Å². The minimum atomic E-state index is -0.104. The zero-order valence-corrected chi connectivity index (χ0v) is 11.4. The molecule has 1 saturated carbocycles. The van der Waals surface area contributed by atoms with Crippen molar-refractivity contribution in [2.75, 3.05) is 6.54 Å². The van der Waals surface area contributed by atoms with Gasteiger partial charge in [-0.1, -0.05) is 31.2 Å². The van der Waals surface area contributed by atoms with E-state index >= 15 is 0 Å². The molecule has 2 heteroatoms. The van der Waals surface area contributed by atoms with Gasteiger partial charge < -0.3 is 10.8 Å². The number of hydrogen-bond acceptors (Lipinski definition) is 2. The molecule has 1 fully saturated rings. The summed E-state index contributed by atoms with van der Waals surface area (Å²) in [6.45, 7) is 2.91. The molecule has 1 aromatic carbocycles. The third kappa shape index (κ3) is 3.12. The van der Waals surface area contributed by atoms with Gasteiger partial charge in [-0.25, -0.2) is 0 Å². The lowest BCUT2D eigenvalue weighted by Gasteiger charge is -2.38. The quantitative estimate of drug-likeness (QED) is 0.859. The SMILES string of the molecule is CCc1ccc(CC2(CN)CCC(O)CC2)cc1. The fourth-order valence-electron chi connectivity index (χ4n) is 2.99. The number of aliphatic hydroxyl groups is 1. The van der Waals surface area contributed by atoms with E-state index in [9.17, 15) is 5.11 Å². The maximum Gasteiger partial charge on any atom is 0.0540 e. The second-order valence-corrected chi connectivity index (χ2v) is 5.78. The maximum absolute atomic E-state index is 9.63. The van der Waals surface area contributed by atoms with Crippen molar-refractivity contribution >= 4 is 0 Å². The third-order valence-electron chi connectivity index (χ3n) is 4.46. The lowest BCUT2D eigenvalue weighted by molar-refractivity contribution is 0.0665. The van der Waals surface area contributed by atoms with Crippen molar-refractivity contribution in [1.29, 1.82) is 0 Å². The highest BCUT2D eigenvalue weighted by Gasteiger charge is 2.33. The number of hydrogen-bond donors (Lipinski definition) is 2. The molecule has 1 aliphatic carbocycles. The van der Waals surface area contributed by atoms with Crippen LogP contribution in [0.4, 0.5) is 0 Å². The molecule has 0 aromatic heterocycles. The van der Waals surface area contributed by atoms with Crippen LogP contribution in [0, 0.1) is 5.41 Å². The fourth-order valence-corrected chi connectivity index (χ4v) is 2.99. The monoisotopic (exact) mass is 247 g/mol. The highest BCUT2D eigenvalue weighted by atomic mass is 16.3. The summed E-state index contributed by atoms with van der Waals surface area (Å²) in [7, 11) is 0. The number of aliphatic hydroxyl groups excluding tert-OH is 1. The van der Waals surface area contributed by atoms with Crippen LogP contribution in [0.2, 0.25) is 0 Å². The smallest absolute Gasteiger partial charge is 0.0540 e. The summed E-state index contributed by atoms with van der Waals surface area (Å²) in [6.07, 6.45) is 5.97. The van der Waals surface area contributed by atoms with Gasteiger partial charge in [-0.05, 0) is 61.6 Å². The largest absolute Gasteiger partial charge is 0.393 e. The Morgan fingerprint density at radius 3 is 2.22 bits per heavy atom. The standard InChI is InChI=1S/C16H25NO/c1-2-13-3-5-14(6-4-13)11-16(12-17)9-7-15(18)8-10-16/h3-6,15,18H,2,7-12,17H2,1H3. The predicted molar refractivity (Wildman–Crippen MR) is 75.5 cm³/mol. The van der Waals surface area contributed by atoms with Gasteiger partial charge in [-0.2, -0.15) is 0 Å². The van der Waals surface area contributed by atoms with E-state index in [1.807, 2.05) is 0 Å². The number of rotatable bonds is 4. The number of nitrogens with two attached hydrogens (primary N) is 1. The first-order valence-corrected chi connectivity index (χ1v) is 7.13. The first-order valence-electron chi connectivity index (χ1n) is 7.13. The molecule has 0 aliphatic heterocycles. The predicted octanol–water partition coefficient (Wildman–Crippen LogP) is 2.67. The van der Waals surface area contributed by atoms with Crippen LogP contribution in [0.1, 0.15) is 43.7 Å². The van der Waals surface area contributed by atoms with Crippen molar-refractivity contribution in [2.24, 2.45) is 11.1 Å². The Labute approximate surface area is 110 Å². The molecule has 0 heterocycles. The van der Waals surface area contributed by atoms with Crippen LogP contribution in [-0.2, 0) is 12.8 Å². The molecular formula is C16H25NO. The van der Waals surface area contributed by atoms with E-state index in [0.717, 1.165) is 45.1 Å². The molecule has 2 nitrogen and oxygen atoms in total. The molecule has 1 aliphatic rings. The lowest BCUT2D eigenvalue weighted by atomic mass is 9.69. The lowest BCUT2D eigenvalue weighted by Crippen LogP contribution is -2.38. The molecule has 3 N–H and O–H groups in total. The van der Waals surface area contributed by atoms with Crippen LogP contribution in [0.25, 0.3) is 0 Å². The summed E-state index contributed by atoms with van der Waals surface area (Å²) in [5, 5.41) is 9.63. The topological polar surface area (TPSA) is 46.2 Å². The van der Waals surface area contributed by atoms with Gasteiger partial charge in [-0.3, -0.25) is 0 Å². The van der Waals surface area contributed by atoms with Crippen molar-refractivity contribution in [1.82, 2.24) is 0 Å². The summed E-state index contributed by atoms with van der Waals surface area (Å²) in [6, 6.07) is 8.91. The van der Waals surface area contributed by atoms with Crippen molar-refractivity contribution in [3.05, 3.63) is 35.4 Å². The Morgan fingerprint density at radius 2 is 1.72 bits per heavy atom. The Hall–Kier alpha value is -0.860. The van der Waals surface area contributed by atoms with Gasteiger partial charge in [0.15, 0.2) is 0 Å². The normalized spacial score (nSPS) is 28.3. The molecule has 1 aromatic rings. The summed E-state index contributed by atoms with van der Waals surface area (Å²) >= 11 is 0. The van der Waals surface area contributed by atoms with Crippen LogP contribution in [-0.4, -0.2) is 17.8 Å². The van der Waals surface area contributed by atoms with Crippen LogP contribution in [0.5, 0.6) is 0 Å². The Balaban J connectivity index is 2.05. The molecule has 0 bridgehead atoms. The fraction of sp³-hybridized carbons (Fsp3) is 0.625. The first-order chi connectivity index (χ1) is 8.67. The van der Waals surface area contributed by atoms with Crippen molar-refractivity contribution < 1.29 is 5.11 Å². The minimum absolute atomic E-state index is 0.104. The summed E-state index contributed by atoms with van der Waals surface area (Å²) in [5.41, 5.74) is 8.99. The van der Waals surface area contributed by atoms with Gasteiger partial charge in [0.05, 0.1) is 6.10 Å². The molecule has 0 spiro atoms. The number of benzene rings is 1. The van der Waals surface area contributed by atoms with Crippen molar-refractivity contribution in [3.8, 4) is 0 Å². The molecule has 18 heavy (non-hydrogen) atoms. The van der Waals surface area contributed by atoms with Crippen molar-refractivity contribution in [2.45, 2.75) is 51.6 Å². The van der Waals surface area contributed by atoms with E-state index in [1.54, 1.807) is 0 Å². The molecular weight excluding hydrogens is 222 g/mol. The average molecular weight is 247 g/mol. The third-order valence-corrected chi connectivity index (χ3v) is 4.46. The van der Waals surface area contributed by atoms with Crippen LogP contribution in [0.3, 0.4) is 0 Å². The van der Waals surface area contributed by atoms with E-state index in [4.69, 9.17) is 5.73 Å². The summed E-state index contributed by atoms with van der Waals surface area (Å²) in [4.78, 5) is 0.